The number of rotatable bonds is 11. The number of halogens is 1. The number of fused-ring (bicyclic) bond motifs is 1. The van der Waals surface area contributed by atoms with Gasteiger partial charge < -0.3 is 29.6 Å². The zero-order valence-electron chi connectivity index (χ0n) is 20.8. The molecule has 4 rings (SSSR count). The number of nitrogens with one attached hydrogen (secondary N) is 1. The molecule has 1 aliphatic heterocycles. The molecule has 2 fully saturated rings. The molecule has 2 aromatic heterocycles. The first-order chi connectivity index (χ1) is 17.6. The first-order valence-corrected chi connectivity index (χ1v) is 14.4. The van der Waals surface area contributed by atoms with E-state index in [0.29, 0.717) is 22.9 Å². The van der Waals surface area contributed by atoms with E-state index in [-0.39, 0.29) is 17.8 Å². The molecule has 1 saturated heterocycles. The Morgan fingerprint density at radius 1 is 1.30 bits per heavy atom. The minimum absolute atomic E-state index is 0.0343. The summed E-state index contributed by atoms with van der Waals surface area (Å²) in [6.07, 6.45) is 1.36. The number of hydrogen-bond acceptors (Lipinski definition) is 12. The summed E-state index contributed by atoms with van der Waals surface area (Å²) in [6, 6.07) is 2.09. The van der Waals surface area contributed by atoms with Gasteiger partial charge >= 0.3 is 13.6 Å². The molecule has 1 saturated carbocycles. The van der Waals surface area contributed by atoms with Crippen LogP contribution in [0.15, 0.2) is 12.3 Å². The lowest BCUT2D eigenvalue weighted by molar-refractivity contribution is -0.241. The number of aliphatic hydroxyl groups is 2. The van der Waals surface area contributed by atoms with Crippen LogP contribution in [0.25, 0.3) is 11.0 Å². The van der Waals surface area contributed by atoms with Crippen molar-refractivity contribution in [3.8, 4) is 0 Å². The number of hydrogen-bond donors (Lipinski definition) is 3. The molecule has 0 radical (unpaired) electrons. The number of esters is 1. The van der Waals surface area contributed by atoms with Gasteiger partial charge in [-0.15, -0.1) is 4.67 Å². The van der Waals surface area contributed by atoms with E-state index in [1.807, 2.05) is 0 Å². The van der Waals surface area contributed by atoms with Gasteiger partial charge in [-0.2, -0.15) is 4.98 Å². The molecular formula is C22H32ClN4O9P. The molecule has 1 aliphatic carbocycles. The smallest absolute Gasteiger partial charge is 0.358 e. The molecule has 2 aliphatic rings. The predicted octanol–water partition coefficient (Wildman–Crippen LogP) is 3.00. The maximum Gasteiger partial charge on any atom is 0.358 e. The molecule has 0 bridgehead atoms. The zero-order chi connectivity index (χ0) is 26.7. The number of nitrogens with zero attached hydrogens (tertiary/aromatic N) is 3. The Hall–Kier alpha value is -1.83. The normalized spacial score (nSPS) is 26.1. The highest BCUT2D eigenvalue weighted by molar-refractivity contribution is 7.52. The summed E-state index contributed by atoms with van der Waals surface area (Å²) in [6.45, 7) is 3.48. The van der Waals surface area contributed by atoms with Crippen LogP contribution in [0.4, 0.5) is 5.82 Å². The molecule has 3 heterocycles. The van der Waals surface area contributed by atoms with Gasteiger partial charge in [0, 0.05) is 18.9 Å². The van der Waals surface area contributed by atoms with Gasteiger partial charge in [-0.25, -0.2) is 9.87 Å². The minimum Gasteiger partial charge on any atom is -0.438 e. The van der Waals surface area contributed by atoms with Crippen molar-refractivity contribution < 1.29 is 43.1 Å². The lowest BCUT2D eigenvalue weighted by Crippen LogP contribution is -2.33. The number of anilines is 1. The van der Waals surface area contributed by atoms with Crippen LogP contribution in [0, 0.1) is 5.92 Å². The Kier molecular flexibility index (Phi) is 9.08. The highest BCUT2D eigenvalue weighted by Crippen LogP contribution is 2.44. The van der Waals surface area contributed by atoms with E-state index < -0.39 is 44.9 Å². The van der Waals surface area contributed by atoms with Crippen LogP contribution < -0.4 is 5.32 Å². The summed E-state index contributed by atoms with van der Waals surface area (Å²) in [5.74, 6) is -0.291. The van der Waals surface area contributed by atoms with E-state index in [2.05, 4.69) is 15.3 Å². The molecular weight excluding hydrogens is 531 g/mol. The van der Waals surface area contributed by atoms with Gasteiger partial charge in [0.05, 0.1) is 11.3 Å². The molecule has 2 aromatic rings. The molecule has 5 atom stereocenters. The Balaban J connectivity index is 1.37. The average molecular weight is 563 g/mol. The first kappa shape index (κ1) is 28.2. The van der Waals surface area contributed by atoms with Gasteiger partial charge in [-0.1, -0.05) is 26.7 Å². The van der Waals surface area contributed by atoms with Crippen LogP contribution >= 0.6 is 19.2 Å². The minimum atomic E-state index is -3.73. The molecule has 0 aromatic carbocycles. The number of aromatic nitrogens is 3. The molecule has 0 amide bonds. The lowest BCUT2D eigenvalue weighted by Gasteiger charge is -2.18. The van der Waals surface area contributed by atoms with Crippen LogP contribution in [-0.2, 0) is 32.9 Å². The molecule has 1 unspecified atom stereocenters. The van der Waals surface area contributed by atoms with Crippen molar-refractivity contribution in [2.24, 2.45) is 5.92 Å². The molecule has 0 spiro atoms. The fourth-order valence-corrected chi connectivity index (χ4v) is 4.95. The van der Waals surface area contributed by atoms with E-state index in [1.165, 1.54) is 0 Å². The van der Waals surface area contributed by atoms with Crippen LogP contribution in [0.1, 0.15) is 45.8 Å². The molecule has 13 nitrogen and oxygen atoms in total. The standard InChI is InChI=1S/C22H32ClN4O9P/c1-12(2)21(30)32-11-34-37(3,31)36-33-10-15-16(28)17(29)20(35-15)27-9-8-14-18(24-13-6-4-5-7-13)25-22(23)26-19(14)27/h8-9,12-13,15-17,20,28-29H,4-7,10-11H2,1-3H3,(H,24,25,26)/t15-,16-,17-,20-,37?/m1/s1. The Morgan fingerprint density at radius 3 is 2.73 bits per heavy atom. The fourth-order valence-electron chi connectivity index (χ4n) is 4.24. The van der Waals surface area contributed by atoms with Gasteiger partial charge in [0.1, 0.15) is 36.4 Å². The largest absolute Gasteiger partial charge is 0.438 e. The maximum absolute atomic E-state index is 12.3. The number of carbonyl (C=O) groups excluding carboxylic acids is 1. The predicted molar refractivity (Wildman–Crippen MR) is 132 cm³/mol. The van der Waals surface area contributed by atoms with Gasteiger partial charge in [-0.3, -0.25) is 13.9 Å². The van der Waals surface area contributed by atoms with Crippen LogP contribution in [0.2, 0.25) is 5.28 Å². The Morgan fingerprint density at radius 2 is 2.03 bits per heavy atom. The molecule has 206 valence electrons. The van der Waals surface area contributed by atoms with Gasteiger partial charge in [0.15, 0.2) is 6.23 Å². The first-order valence-electron chi connectivity index (χ1n) is 12.1. The third kappa shape index (κ3) is 6.79. The van der Waals surface area contributed by atoms with Crippen molar-refractivity contribution >= 4 is 42.0 Å². The third-order valence-electron chi connectivity index (χ3n) is 6.23. The van der Waals surface area contributed by atoms with Crippen molar-refractivity contribution in [3.05, 3.63) is 17.5 Å². The van der Waals surface area contributed by atoms with Crippen molar-refractivity contribution in [3.63, 3.8) is 0 Å². The highest BCUT2D eigenvalue weighted by atomic mass is 35.5. The number of ether oxygens (including phenoxy) is 2. The fraction of sp³-hybridized carbons (Fsp3) is 0.682. The third-order valence-corrected chi connectivity index (χ3v) is 7.35. The van der Waals surface area contributed by atoms with Gasteiger partial charge in [0.25, 0.3) is 0 Å². The summed E-state index contributed by atoms with van der Waals surface area (Å²) in [5, 5.41) is 25.4. The maximum atomic E-state index is 12.3. The second kappa shape index (κ2) is 11.9. The summed E-state index contributed by atoms with van der Waals surface area (Å²) in [7, 11) is -3.73. The SMILES string of the molecule is CC(C)C(=O)OCOP(C)(=O)OOC[C@H]1O[C@@H](n2ccc3c(NC4CCCC4)nc(Cl)nc32)[C@H](O)[C@@H]1O. The van der Waals surface area contributed by atoms with Crippen LogP contribution in [0.3, 0.4) is 0 Å². The van der Waals surface area contributed by atoms with Crippen LogP contribution in [-0.4, -0.2) is 75.1 Å². The van der Waals surface area contributed by atoms with E-state index in [0.717, 1.165) is 32.3 Å². The second-order valence-electron chi connectivity index (χ2n) is 9.47. The molecule has 15 heteroatoms. The van der Waals surface area contributed by atoms with Gasteiger partial charge in [-0.05, 0) is 30.5 Å². The monoisotopic (exact) mass is 562 g/mol. The van der Waals surface area contributed by atoms with E-state index in [4.69, 9.17) is 35.2 Å². The van der Waals surface area contributed by atoms with E-state index in [9.17, 15) is 19.6 Å². The molecule has 3 N–H and O–H groups in total. The Labute approximate surface area is 218 Å². The van der Waals surface area contributed by atoms with Crippen molar-refractivity contribution in [1.82, 2.24) is 14.5 Å². The summed E-state index contributed by atoms with van der Waals surface area (Å²) in [4.78, 5) is 25.1. The van der Waals surface area contributed by atoms with Crippen molar-refractivity contribution in [2.75, 3.05) is 25.4 Å². The van der Waals surface area contributed by atoms with Crippen molar-refractivity contribution in [1.29, 1.82) is 0 Å². The topological polar surface area (TPSA) is 163 Å². The highest BCUT2D eigenvalue weighted by Gasteiger charge is 2.44. The van der Waals surface area contributed by atoms with E-state index in [1.54, 1.807) is 30.7 Å². The number of aliphatic hydroxyl groups excluding tert-OH is 2. The summed E-state index contributed by atoms with van der Waals surface area (Å²) in [5.41, 5.74) is 0.428. The molecule has 37 heavy (non-hydrogen) atoms. The summed E-state index contributed by atoms with van der Waals surface area (Å²) >= 11 is 6.19. The van der Waals surface area contributed by atoms with Crippen molar-refractivity contribution in [2.45, 2.75) is 70.1 Å². The average Bonchev–Trinajstić information content (AvgIpc) is 3.55. The number of carbonyl (C=O) groups is 1. The summed E-state index contributed by atoms with van der Waals surface area (Å²) < 4.78 is 34.3. The van der Waals surface area contributed by atoms with Crippen LogP contribution in [0.5, 0.6) is 0 Å². The second-order valence-corrected chi connectivity index (χ2v) is 11.8. The Bertz CT molecular complexity index is 1140. The quantitative estimate of drug-likeness (QED) is 0.0917. The lowest BCUT2D eigenvalue weighted by atomic mass is 10.1. The van der Waals surface area contributed by atoms with E-state index >= 15 is 0 Å². The van der Waals surface area contributed by atoms with Gasteiger partial charge in [0.2, 0.25) is 12.1 Å². The zero-order valence-corrected chi connectivity index (χ0v) is 22.4.